The number of aliphatic hydroxyl groups is 1. The van der Waals surface area contributed by atoms with Crippen LogP contribution in [0.2, 0.25) is 0 Å². The van der Waals surface area contributed by atoms with Gasteiger partial charge in [-0.1, -0.05) is 24.3 Å². The maximum Gasteiger partial charge on any atom is 0.121 e. The summed E-state index contributed by atoms with van der Waals surface area (Å²) in [6.07, 6.45) is 5.95. The van der Waals surface area contributed by atoms with E-state index in [2.05, 4.69) is 54.5 Å². The molecule has 0 radical (unpaired) electrons. The molecule has 1 N–H and O–H groups in total. The maximum atomic E-state index is 9.56. The van der Waals surface area contributed by atoms with Crippen LogP contribution in [0.25, 0.3) is 0 Å². The van der Waals surface area contributed by atoms with E-state index in [1.807, 2.05) is 30.2 Å². The Kier molecular flexibility index (Phi) is 9.64. The Morgan fingerprint density at radius 3 is 2.61 bits per heavy atom. The number of aryl methyl sites for hydroxylation is 2. The molecule has 1 aliphatic rings. The van der Waals surface area contributed by atoms with Crippen LogP contribution in [0.4, 0.5) is 11.4 Å². The van der Waals surface area contributed by atoms with Crippen LogP contribution in [0.1, 0.15) is 36.0 Å². The van der Waals surface area contributed by atoms with Crippen molar-refractivity contribution < 1.29 is 9.84 Å². The number of benzene rings is 2. The number of anilines is 2. The Morgan fingerprint density at radius 1 is 1.09 bits per heavy atom. The molecule has 0 amide bonds. The predicted molar refractivity (Wildman–Crippen MR) is 140 cm³/mol. The lowest BCUT2D eigenvalue weighted by molar-refractivity contribution is 0.238. The van der Waals surface area contributed by atoms with Crippen molar-refractivity contribution in [3.63, 3.8) is 0 Å². The maximum absolute atomic E-state index is 9.56. The van der Waals surface area contributed by atoms with Crippen LogP contribution < -0.4 is 14.5 Å². The molecule has 33 heavy (non-hydrogen) atoms. The highest BCUT2D eigenvalue weighted by atomic mass is 16.5. The predicted octanol–water partition coefficient (Wildman–Crippen LogP) is 4.79. The second-order valence-electron chi connectivity index (χ2n) is 9.06. The lowest BCUT2D eigenvalue weighted by atomic mass is 10.1. The molecule has 2 aromatic carbocycles. The highest BCUT2D eigenvalue weighted by Crippen LogP contribution is 2.27. The van der Waals surface area contributed by atoms with Crippen molar-refractivity contribution in [2.75, 3.05) is 62.9 Å². The number of ether oxygens (including phenoxy) is 1. The van der Waals surface area contributed by atoms with Crippen LogP contribution in [0.15, 0.2) is 49.1 Å². The van der Waals surface area contributed by atoms with Gasteiger partial charge in [0.05, 0.1) is 6.61 Å². The van der Waals surface area contributed by atoms with Crippen molar-refractivity contribution in [1.29, 1.82) is 0 Å². The van der Waals surface area contributed by atoms with Crippen LogP contribution in [0, 0.1) is 13.8 Å². The smallest absolute Gasteiger partial charge is 0.121 e. The van der Waals surface area contributed by atoms with E-state index in [1.165, 1.54) is 22.4 Å². The number of piperazine rings is 1. The van der Waals surface area contributed by atoms with Crippen molar-refractivity contribution in [2.24, 2.45) is 0 Å². The highest BCUT2D eigenvalue weighted by molar-refractivity contribution is 5.57. The zero-order valence-corrected chi connectivity index (χ0v) is 20.7. The molecule has 3 rings (SSSR count). The number of hydrogen-bond donors (Lipinski definition) is 1. The zero-order valence-electron chi connectivity index (χ0n) is 20.7. The molecular formula is C28H41N3O2. The molecule has 0 spiro atoms. The average molecular weight is 452 g/mol. The minimum Gasteiger partial charge on any atom is -0.494 e. The third-order valence-electron chi connectivity index (χ3n) is 6.72. The molecule has 1 fully saturated rings. The van der Waals surface area contributed by atoms with Gasteiger partial charge in [-0.05, 0) is 74.9 Å². The SMILES string of the molecule is C=CCCc1ccc(OCCCCN2CCN(c3cccc(C)c3C)CC2)cc1N(C)CO. The van der Waals surface area contributed by atoms with Gasteiger partial charge in [-0.3, -0.25) is 4.90 Å². The summed E-state index contributed by atoms with van der Waals surface area (Å²) >= 11 is 0. The summed E-state index contributed by atoms with van der Waals surface area (Å²) in [6, 6.07) is 12.8. The topological polar surface area (TPSA) is 39.2 Å². The molecule has 5 nitrogen and oxygen atoms in total. The summed E-state index contributed by atoms with van der Waals surface area (Å²) in [7, 11) is 1.90. The van der Waals surface area contributed by atoms with E-state index < -0.39 is 0 Å². The summed E-state index contributed by atoms with van der Waals surface area (Å²) < 4.78 is 6.03. The molecule has 0 aliphatic carbocycles. The van der Waals surface area contributed by atoms with E-state index in [0.29, 0.717) is 0 Å². The van der Waals surface area contributed by atoms with E-state index in [1.54, 1.807) is 0 Å². The van der Waals surface area contributed by atoms with Crippen molar-refractivity contribution in [3.8, 4) is 5.75 Å². The van der Waals surface area contributed by atoms with E-state index in [4.69, 9.17) is 4.74 Å². The first kappa shape index (κ1) is 25.1. The first-order valence-corrected chi connectivity index (χ1v) is 12.3. The van der Waals surface area contributed by atoms with E-state index >= 15 is 0 Å². The van der Waals surface area contributed by atoms with Gasteiger partial charge in [0.15, 0.2) is 0 Å². The molecule has 2 aromatic rings. The summed E-state index contributed by atoms with van der Waals surface area (Å²) in [5.74, 6) is 0.870. The van der Waals surface area contributed by atoms with Crippen molar-refractivity contribution in [3.05, 3.63) is 65.7 Å². The quantitative estimate of drug-likeness (QED) is 0.285. The van der Waals surface area contributed by atoms with Crippen molar-refractivity contribution in [1.82, 2.24) is 4.90 Å². The van der Waals surface area contributed by atoms with Gasteiger partial charge in [0.25, 0.3) is 0 Å². The molecule has 1 aliphatic heterocycles. The van der Waals surface area contributed by atoms with Crippen LogP contribution in [-0.2, 0) is 6.42 Å². The Bertz CT molecular complexity index is 891. The minimum atomic E-state index is -0.0126. The van der Waals surface area contributed by atoms with Crippen LogP contribution in [0.5, 0.6) is 5.75 Å². The van der Waals surface area contributed by atoms with Gasteiger partial charge in [0.2, 0.25) is 0 Å². The fourth-order valence-electron chi connectivity index (χ4n) is 4.45. The Hall–Kier alpha value is -2.50. The number of nitrogens with zero attached hydrogens (tertiary/aromatic N) is 3. The summed E-state index contributed by atoms with van der Waals surface area (Å²) in [5.41, 5.74) is 6.41. The van der Waals surface area contributed by atoms with Gasteiger partial charge in [-0.25, -0.2) is 0 Å². The van der Waals surface area contributed by atoms with E-state index in [-0.39, 0.29) is 6.73 Å². The Morgan fingerprint density at radius 2 is 1.88 bits per heavy atom. The third kappa shape index (κ3) is 6.99. The van der Waals surface area contributed by atoms with Gasteiger partial charge in [0.1, 0.15) is 12.5 Å². The lowest BCUT2D eigenvalue weighted by Gasteiger charge is -2.37. The fourth-order valence-corrected chi connectivity index (χ4v) is 4.45. The van der Waals surface area contributed by atoms with Gasteiger partial charge in [-0.15, -0.1) is 6.58 Å². The molecule has 0 unspecified atom stereocenters. The molecule has 0 saturated carbocycles. The summed E-state index contributed by atoms with van der Waals surface area (Å²) in [4.78, 5) is 6.95. The summed E-state index contributed by atoms with van der Waals surface area (Å²) in [5, 5.41) is 9.56. The van der Waals surface area contributed by atoms with E-state index in [9.17, 15) is 5.11 Å². The Balaban J connectivity index is 1.39. The number of rotatable bonds is 12. The van der Waals surface area contributed by atoms with Crippen molar-refractivity contribution in [2.45, 2.75) is 39.5 Å². The normalized spacial score (nSPS) is 14.4. The highest BCUT2D eigenvalue weighted by Gasteiger charge is 2.18. The molecule has 1 saturated heterocycles. The minimum absolute atomic E-state index is 0.0126. The standard InChI is InChI=1S/C28H41N3O2/c1-5-6-11-25-13-14-26(21-28(25)29(4)22-32)33-20-8-7-15-30-16-18-31(19-17-30)27-12-9-10-23(2)24(27)3/h5,9-10,12-14,21,32H,1,6-8,11,15-20,22H2,2-4H3. The van der Waals surface area contributed by atoms with Gasteiger partial charge in [0, 0.05) is 50.7 Å². The number of unbranched alkanes of at least 4 members (excludes halogenated alkanes) is 1. The second kappa shape index (κ2) is 12.7. The van der Waals surface area contributed by atoms with Gasteiger partial charge >= 0.3 is 0 Å². The molecule has 0 aromatic heterocycles. The van der Waals surface area contributed by atoms with Crippen LogP contribution in [-0.4, -0.2) is 63.1 Å². The van der Waals surface area contributed by atoms with Gasteiger partial charge in [-0.2, -0.15) is 0 Å². The zero-order chi connectivity index (χ0) is 23.6. The largest absolute Gasteiger partial charge is 0.494 e. The summed E-state index contributed by atoms with van der Waals surface area (Å²) in [6.45, 7) is 14.5. The molecule has 0 atom stereocenters. The third-order valence-corrected chi connectivity index (χ3v) is 6.72. The lowest BCUT2D eigenvalue weighted by Crippen LogP contribution is -2.46. The number of aliphatic hydroxyl groups excluding tert-OH is 1. The average Bonchev–Trinajstić information content (AvgIpc) is 2.84. The molecule has 1 heterocycles. The van der Waals surface area contributed by atoms with Crippen LogP contribution >= 0.6 is 0 Å². The van der Waals surface area contributed by atoms with E-state index in [0.717, 1.165) is 76.5 Å². The first-order chi connectivity index (χ1) is 16.0. The fraction of sp³-hybridized carbons (Fsp3) is 0.500. The van der Waals surface area contributed by atoms with Crippen molar-refractivity contribution >= 4 is 11.4 Å². The monoisotopic (exact) mass is 451 g/mol. The Labute approximate surface area is 200 Å². The number of hydrogen-bond acceptors (Lipinski definition) is 5. The molecule has 0 bridgehead atoms. The second-order valence-corrected chi connectivity index (χ2v) is 9.06. The molecule has 5 heteroatoms. The first-order valence-electron chi connectivity index (χ1n) is 12.3. The molecule has 180 valence electrons. The van der Waals surface area contributed by atoms with Gasteiger partial charge < -0.3 is 19.6 Å². The number of allylic oxidation sites excluding steroid dienone is 1. The van der Waals surface area contributed by atoms with Crippen LogP contribution in [0.3, 0.4) is 0 Å². The molecular weight excluding hydrogens is 410 g/mol.